The van der Waals surface area contributed by atoms with Gasteiger partial charge in [-0.05, 0) is 37.3 Å². The molecule has 0 aliphatic carbocycles. The number of benzene rings is 1. The normalized spacial score (nSPS) is 13.5. The molecule has 0 heterocycles. The Morgan fingerprint density at radius 1 is 1.31 bits per heavy atom. The van der Waals surface area contributed by atoms with Crippen molar-refractivity contribution in [2.45, 2.75) is 25.7 Å². The molecule has 0 saturated carbocycles. The molecule has 0 radical (unpaired) electrons. The molecule has 1 aromatic rings. The zero-order chi connectivity index (χ0) is 12.3. The quantitative estimate of drug-likeness (QED) is 0.844. The molecule has 2 N–H and O–H groups in total. The fourth-order valence-electron chi connectivity index (χ4n) is 1.28. The van der Waals surface area contributed by atoms with Gasteiger partial charge >= 0.3 is 0 Å². The molecule has 0 aliphatic rings. The molecule has 88 valence electrons. The van der Waals surface area contributed by atoms with Gasteiger partial charge in [-0.25, -0.2) is 0 Å². The number of primary amides is 1. The van der Waals surface area contributed by atoms with Crippen LogP contribution in [0.3, 0.4) is 0 Å². The first-order chi connectivity index (χ1) is 7.29. The van der Waals surface area contributed by atoms with Gasteiger partial charge in [-0.3, -0.25) is 4.79 Å². The van der Waals surface area contributed by atoms with E-state index < -0.39 is 20.3 Å². The summed E-state index contributed by atoms with van der Waals surface area (Å²) in [7, 11) is -1.81. The maximum Gasteiger partial charge on any atom is 0.250 e. The Morgan fingerprint density at radius 2 is 1.81 bits per heavy atom. The van der Waals surface area contributed by atoms with Crippen LogP contribution < -0.4 is 5.73 Å². The maximum absolute atomic E-state index is 11.3. The summed E-state index contributed by atoms with van der Waals surface area (Å²) >= 11 is 5.78. The Hall–Kier alpha value is -0.843. The lowest BCUT2D eigenvalue weighted by Gasteiger charge is -2.24. The highest BCUT2D eigenvalue weighted by atomic mass is 35.5. The summed E-state index contributed by atoms with van der Waals surface area (Å²) in [4.78, 5) is 11.3. The molecule has 5 heteroatoms. The van der Waals surface area contributed by atoms with Crippen LogP contribution in [0.15, 0.2) is 24.3 Å². The SMILES string of the molecule is C[Si](C)(C)OC(C(N)=O)c1ccc(Cl)cc1. The Kier molecular flexibility index (Phi) is 4.13. The molecule has 1 atom stereocenters. The minimum absolute atomic E-state index is 0.468. The lowest BCUT2D eigenvalue weighted by molar-refractivity contribution is -0.125. The number of hydrogen-bond donors (Lipinski definition) is 1. The van der Waals surface area contributed by atoms with Crippen LogP contribution in [-0.4, -0.2) is 14.2 Å². The average molecular weight is 258 g/mol. The van der Waals surface area contributed by atoms with Gasteiger partial charge in [0.2, 0.25) is 5.91 Å². The molecule has 3 nitrogen and oxygen atoms in total. The Morgan fingerprint density at radius 3 is 2.19 bits per heavy atom. The molecule has 0 bridgehead atoms. The number of carbonyl (C=O) groups is 1. The first-order valence-corrected chi connectivity index (χ1v) is 8.81. The van der Waals surface area contributed by atoms with Gasteiger partial charge < -0.3 is 10.2 Å². The van der Waals surface area contributed by atoms with Crippen molar-refractivity contribution in [3.05, 3.63) is 34.9 Å². The summed E-state index contributed by atoms with van der Waals surface area (Å²) in [5.74, 6) is -0.468. The fraction of sp³-hybridized carbons (Fsp3) is 0.364. The molecule has 0 spiro atoms. The monoisotopic (exact) mass is 257 g/mol. The van der Waals surface area contributed by atoms with Gasteiger partial charge in [0.05, 0.1) is 0 Å². The van der Waals surface area contributed by atoms with Crippen molar-refractivity contribution in [3.8, 4) is 0 Å². The summed E-state index contributed by atoms with van der Waals surface area (Å²) in [6, 6.07) is 6.97. The maximum atomic E-state index is 11.3. The van der Waals surface area contributed by atoms with Crippen LogP contribution in [0.1, 0.15) is 11.7 Å². The van der Waals surface area contributed by atoms with Crippen molar-refractivity contribution in [1.82, 2.24) is 0 Å². The highest BCUT2D eigenvalue weighted by Gasteiger charge is 2.26. The molecular weight excluding hydrogens is 242 g/mol. The van der Waals surface area contributed by atoms with Crippen molar-refractivity contribution >= 4 is 25.8 Å². The topological polar surface area (TPSA) is 52.3 Å². The van der Waals surface area contributed by atoms with E-state index in [4.69, 9.17) is 21.8 Å². The summed E-state index contributed by atoms with van der Waals surface area (Å²) < 4.78 is 5.75. The van der Waals surface area contributed by atoms with Crippen molar-refractivity contribution in [2.75, 3.05) is 0 Å². The zero-order valence-electron chi connectivity index (χ0n) is 9.66. The van der Waals surface area contributed by atoms with Crippen LogP contribution in [0.2, 0.25) is 24.7 Å². The minimum Gasteiger partial charge on any atom is -0.402 e. The third-order valence-corrected chi connectivity index (χ3v) is 3.10. The lowest BCUT2D eigenvalue weighted by atomic mass is 10.1. The van der Waals surface area contributed by atoms with Crippen LogP contribution in [0.25, 0.3) is 0 Å². The number of rotatable bonds is 4. The summed E-state index contributed by atoms with van der Waals surface area (Å²) in [6.45, 7) is 6.04. The van der Waals surface area contributed by atoms with Crippen LogP contribution in [0.5, 0.6) is 0 Å². The van der Waals surface area contributed by atoms with Gasteiger partial charge in [0.1, 0.15) is 6.10 Å². The van der Waals surface area contributed by atoms with Gasteiger partial charge in [-0.15, -0.1) is 0 Å². The molecule has 0 fully saturated rings. The molecule has 1 unspecified atom stereocenters. The standard InChI is InChI=1S/C11H16ClNO2Si/c1-16(2,3)15-10(11(13)14)8-4-6-9(12)7-5-8/h4-7,10H,1-3H3,(H2,13,14). The third-order valence-electron chi connectivity index (χ3n) is 1.90. The molecule has 0 aliphatic heterocycles. The minimum atomic E-state index is -1.81. The zero-order valence-corrected chi connectivity index (χ0v) is 11.4. The van der Waals surface area contributed by atoms with Crippen LogP contribution in [0, 0.1) is 0 Å². The molecule has 1 rings (SSSR count). The van der Waals surface area contributed by atoms with E-state index in [-0.39, 0.29) is 0 Å². The highest BCUT2D eigenvalue weighted by Crippen LogP contribution is 2.23. The van der Waals surface area contributed by atoms with Gasteiger partial charge in [0.25, 0.3) is 0 Å². The summed E-state index contributed by atoms with van der Waals surface area (Å²) in [5.41, 5.74) is 6.09. The van der Waals surface area contributed by atoms with E-state index in [0.717, 1.165) is 5.56 Å². The van der Waals surface area contributed by atoms with Gasteiger partial charge in [-0.2, -0.15) is 0 Å². The molecule has 0 aromatic heterocycles. The second-order valence-electron chi connectivity index (χ2n) is 4.56. The average Bonchev–Trinajstić information content (AvgIpc) is 2.14. The second kappa shape index (κ2) is 4.99. The number of halogens is 1. The summed E-state index contributed by atoms with van der Waals surface area (Å²) in [6.07, 6.45) is -0.677. The molecule has 1 amide bonds. The van der Waals surface area contributed by atoms with E-state index >= 15 is 0 Å². The lowest BCUT2D eigenvalue weighted by Crippen LogP contribution is -2.34. The van der Waals surface area contributed by atoms with Crippen LogP contribution in [-0.2, 0) is 9.22 Å². The Labute approximate surface area is 102 Å². The van der Waals surface area contributed by atoms with Crippen molar-refractivity contribution in [3.63, 3.8) is 0 Å². The van der Waals surface area contributed by atoms with Crippen LogP contribution >= 0.6 is 11.6 Å². The van der Waals surface area contributed by atoms with E-state index in [9.17, 15) is 4.79 Å². The largest absolute Gasteiger partial charge is 0.402 e. The Bertz CT molecular complexity index is 373. The summed E-state index contributed by atoms with van der Waals surface area (Å²) in [5, 5.41) is 0.625. The molecule has 0 saturated heterocycles. The number of amides is 1. The smallest absolute Gasteiger partial charge is 0.250 e. The number of nitrogens with two attached hydrogens (primary N) is 1. The second-order valence-corrected chi connectivity index (χ2v) is 9.46. The number of carbonyl (C=O) groups excluding carboxylic acids is 1. The van der Waals surface area contributed by atoms with E-state index in [1.165, 1.54) is 0 Å². The fourth-order valence-corrected chi connectivity index (χ4v) is 2.37. The van der Waals surface area contributed by atoms with Crippen molar-refractivity contribution in [2.24, 2.45) is 5.73 Å². The molecule has 1 aromatic carbocycles. The third kappa shape index (κ3) is 3.96. The van der Waals surface area contributed by atoms with Crippen LogP contribution in [0.4, 0.5) is 0 Å². The highest BCUT2D eigenvalue weighted by molar-refractivity contribution is 6.69. The number of hydrogen-bond acceptors (Lipinski definition) is 2. The first-order valence-electron chi connectivity index (χ1n) is 5.02. The molecular formula is C11H16ClNO2Si. The van der Waals surface area contributed by atoms with E-state index in [2.05, 4.69) is 0 Å². The van der Waals surface area contributed by atoms with Crippen molar-refractivity contribution < 1.29 is 9.22 Å². The molecule has 16 heavy (non-hydrogen) atoms. The predicted octanol–water partition coefficient (Wildman–Crippen LogP) is 2.72. The Balaban J connectivity index is 2.94. The van der Waals surface area contributed by atoms with E-state index in [1.54, 1.807) is 24.3 Å². The van der Waals surface area contributed by atoms with Gasteiger partial charge in [-0.1, -0.05) is 23.7 Å². The predicted molar refractivity (Wildman–Crippen MR) is 67.8 cm³/mol. The van der Waals surface area contributed by atoms with Crippen molar-refractivity contribution in [1.29, 1.82) is 0 Å². The van der Waals surface area contributed by atoms with E-state index in [0.29, 0.717) is 5.02 Å². The van der Waals surface area contributed by atoms with Gasteiger partial charge in [0.15, 0.2) is 8.32 Å². The first kappa shape index (κ1) is 13.2. The van der Waals surface area contributed by atoms with E-state index in [1.807, 2.05) is 19.6 Å². The van der Waals surface area contributed by atoms with Gasteiger partial charge in [0, 0.05) is 5.02 Å².